The molecule has 0 saturated carbocycles. The third-order valence-electron chi connectivity index (χ3n) is 7.45. The van der Waals surface area contributed by atoms with Gasteiger partial charge in [0.1, 0.15) is 0 Å². The molecule has 7 aromatic rings. The van der Waals surface area contributed by atoms with Gasteiger partial charge in [0.2, 0.25) is 0 Å². The minimum atomic E-state index is -2.93. The number of benzene rings is 4. The molecule has 0 radical (unpaired) electrons. The first-order chi connectivity index (χ1) is 22.3. The van der Waals surface area contributed by atoms with Crippen molar-refractivity contribution in [3.63, 3.8) is 0 Å². The van der Waals surface area contributed by atoms with Crippen LogP contribution in [0, 0.1) is 0 Å². The van der Waals surface area contributed by atoms with E-state index in [2.05, 4.69) is 49.2 Å². The van der Waals surface area contributed by atoms with Crippen LogP contribution < -0.4 is 19.5 Å². The number of nitrogens with zero attached hydrogens (tertiary/aromatic N) is 5. The van der Waals surface area contributed by atoms with Gasteiger partial charge in [-0.05, 0) is 0 Å². The Kier molecular flexibility index (Phi) is 7.25. The van der Waals surface area contributed by atoms with Crippen LogP contribution >= 0.6 is 0 Å². The second-order valence-electron chi connectivity index (χ2n) is 10.3. The number of hydrogen-bond acceptors (Lipinski definition) is 7. The van der Waals surface area contributed by atoms with Crippen LogP contribution in [0.1, 0.15) is 0 Å². The fourth-order valence-corrected chi connectivity index (χ4v) is 14.8. The Balaban J connectivity index is 1.13. The van der Waals surface area contributed by atoms with Gasteiger partial charge in [-0.3, -0.25) is 0 Å². The van der Waals surface area contributed by atoms with E-state index in [1.807, 2.05) is 97.1 Å². The average Bonchev–Trinajstić information content (AvgIpc) is 3.42. The molecule has 3 aromatic heterocycles. The molecule has 45 heavy (non-hydrogen) atoms. The van der Waals surface area contributed by atoms with Gasteiger partial charge in [0.15, 0.2) is 0 Å². The van der Waals surface area contributed by atoms with Crippen molar-refractivity contribution < 1.29 is 9.47 Å². The van der Waals surface area contributed by atoms with Crippen LogP contribution in [-0.4, -0.2) is 46.7 Å². The quantitative estimate of drug-likeness (QED) is 0.182. The summed E-state index contributed by atoms with van der Waals surface area (Å²) in [6.07, 6.45) is 6.76. The normalized spacial score (nSPS) is 11.9. The van der Waals surface area contributed by atoms with Crippen LogP contribution in [-0.2, 0) is 0 Å². The molecule has 1 aliphatic rings. The molecule has 0 bridgehead atoms. The Morgan fingerprint density at radius 3 is 1.44 bits per heavy atom. The Morgan fingerprint density at radius 1 is 0.444 bits per heavy atom. The third-order valence-corrected chi connectivity index (χ3v) is 16.5. The van der Waals surface area contributed by atoms with Crippen LogP contribution in [0.4, 0.5) is 0 Å². The molecule has 0 saturated heterocycles. The summed E-state index contributed by atoms with van der Waals surface area (Å²) in [5, 5.41) is 0. The van der Waals surface area contributed by atoms with Gasteiger partial charge < -0.3 is 0 Å². The van der Waals surface area contributed by atoms with Gasteiger partial charge in [-0.1, -0.05) is 0 Å². The van der Waals surface area contributed by atoms with Crippen molar-refractivity contribution in [3.05, 3.63) is 146 Å². The second kappa shape index (κ2) is 12.0. The summed E-state index contributed by atoms with van der Waals surface area (Å²) in [7, 11) is 0. The van der Waals surface area contributed by atoms with Crippen molar-refractivity contribution in [1.29, 1.82) is 0 Å². The van der Waals surface area contributed by atoms with Crippen LogP contribution in [0.25, 0.3) is 33.6 Å². The van der Waals surface area contributed by atoms with Crippen LogP contribution in [0.2, 0.25) is 0 Å². The van der Waals surface area contributed by atoms with Crippen LogP contribution in [0.3, 0.4) is 0 Å². The van der Waals surface area contributed by atoms with Gasteiger partial charge in [0, 0.05) is 0 Å². The van der Waals surface area contributed by atoms with E-state index < -0.39 is 21.8 Å². The van der Waals surface area contributed by atoms with E-state index in [-0.39, 0.29) is 0 Å². The Hall–Kier alpha value is -5.33. The zero-order valence-electron chi connectivity index (χ0n) is 23.9. The monoisotopic (exact) mass is 779 g/mol. The Labute approximate surface area is 268 Å². The van der Waals surface area contributed by atoms with E-state index in [9.17, 15) is 0 Å². The summed E-state index contributed by atoms with van der Waals surface area (Å²) in [4.78, 5) is 22.4. The summed E-state index contributed by atoms with van der Waals surface area (Å²) < 4.78 is 16.2. The molecule has 0 unspecified atom stereocenters. The SMILES string of the molecule is c1ccc(-c2cccc(Oc3ccc4[c](c3)[Bi]([c]3ncncn3)[c]3cc(Oc5cccc(-c6ccccn6)c5)ccc3-4)c2)nc1. The molecule has 0 N–H and O–H groups in total. The first-order valence-electron chi connectivity index (χ1n) is 14.4. The molecule has 4 aromatic carbocycles. The molecular weight excluding hydrogens is 755 g/mol. The van der Waals surface area contributed by atoms with Crippen LogP contribution in [0.15, 0.2) is 146 Å². The molecule has 214 valence electrons. The second-order valence-corrected chi connectivity index (χ2v) is 18.2. The van der Waals surface area contributed by atoms with E-state index in [4.69, 9.17) is 9.47 Å². The maximum atomic E-state index is 6.42. The summed E-state index contributed by atoms with van der Waals surface area (Å²) >= 11 is -2.93. The van der Waals surface area contributed by atoms with E-state index in [1.54, 1.807) is 25.0 Å². The van der Waals surface area contributed by atoms with Crippen LogP contribution in [0.5, 0.6) is 23.0 Å². The van der Waals surface area contributed by atoms with Gasteiger partial charge in [0.05, 0.1) is 0 Å². The third kappa shape index (κ3) is 5.57. The van der Waals surface area contributed by atoms with Crippen molar-refractivity contribution in [1.82, 2.24) is 24.9 Å². The van der Waals surface area contributed by atoms with Gasteiger partial charge in [-0.2, -0.15) is 0 Å². The van der Waals surface area contributed by atoms with Crippen molar-refractivity contribution in [3.8, 4) is 56.6 Å². The topological polar surface area (TPSA) is 82.9 Å². The average molecular weight is 780 g/mol. The number of aromatic nitrogens is 5. The zero-order chi connectivity index (χ0) is 30.0. The number of fused-ring (bicyclic) bond motifs is 3. The summed E-state index contributed by atoms with van der Waals surface area (Å²) in [5.74, 6) is 3.06. The summed E-state index contributed by atoms with van der Waals surface area (Å²) in [6.45, 7) is 0. The fourth-order valence-electron chi connectivity index (χ4n) is 5.45. The predicted molar refractivity (Wildman–Crippen MR) is 176 cm³/mol. The molecule has 0 atom stereocenters. The zero-order valence-corrected chi connectivity index (χ0v) is 27.3. The van der Waals surface area contributed by atoms with Crippen molar-refractivity contribution in [2.24, 2.45) is 0 Å². The van der Waals surface area contributed by atoms with E-state index in [0.717, 1.165) is 49.0 Å². The van der Waals surface area contributed by atoms with E-state index >= 15 is 0 Å². The predicted octanol–water partition coefficient (Wildman–Crippen LogP) is 6.08. The standard InChI is InChI=1S/C34H22N2O2.C3H2N3.Bi/c1-3-21-35-33(11-1)27-7-5-9-31(23-27)37-29-17-13-25(14-18-29)26-15-19-30(20-16-26)38-32-10-6-8-28(24-32)34-12-2-4-22-36-34;1-4-2-6-3-5-1;/h1-13,15,17-24H;1-2H;. The summed E-state index contributed by atoms with van der Waals surface area (Å²) in [6, 6.07) is 40.5. The van der Waals surface area contributed by atoms with Crippen molar-refractivity contribution in [2.45, 2.75) is 0 Å². The molecule has 0 fully saturated rings. The van der Waals surface area contributed by atoms with Crippen molar-refractivity contribution >= 4 is 31.8 Å². The molecule has 4 heterocycles. The van der Waals surface area contributed by atoms with Crippen molar-refractivity contribution in [2.75, 3.05) is 0 Å². The maximum absolute atomic E-state index is 6.42. The Morgan fingerprint density at radius 2 is 0.956 bits per heavy atom. The molecule has 8 rings (SSSR count). The molecule has 1 aliphatic heterocycles. The fraction of sp³-hybridized carbons (Fsp3) is 0. The number of pyridine rings is 2. The van der Waals surface area contributed by atoms with E-state index in [0.29, 0.717) is 0 Å². The first-order valence-corrected chi connectivity index (χ1v) is 19.6. The number of ether oxygens (including phenoxy) is 2. The molecule has 7 nitrogen and oxygen atoms in total. The van der Waals surface area contributed by atoms with Gasteiger partial charge >= 0.3 is 269 Å². The van der Waals surface area contributed by atoms with Gasteiger partial charge in [-0.15, -0.1) is 0 Å². The van der Waals surface area contributed by atoms with E-state index in [1.165, 1.54) is 17.7 Å². The minimum absolute atomic E-state index is 0.753. The summed E-state index contributed by atoms with van der Waals surface area (Å²) in [5.41, 5.74) is 6.20. The molecule has 0 amide bonds. The molecule has 0 spiro atoms. The Bertz CT molecular complexity index is 1990. The van der Waals surface area contributed by atoms with Gasteiger partial charge in [-0.25, -0.2) is 0 Å². The molecule has 0 aliphatic carbocycles. The number of rotatable bonds is 7. The van der Waals surface area contributed by atoms with Gasteiger partial charge in [0.25, 0.3) is 0 Å². The molecule has 8 heteroatoms. The first kappa shape index (κ1) is 27.2. The molecular formula is C37H24BiN5O2. The number of hydrogen-bond donors (Lipinski definition) is 0.